The number of nitriles is 1. The zero-order chi connectivity index (χ0) is 14.7. The molecule has 0 amide bonds. The summed E-state index contributed by atoms with van der Waals surface area (Å²) in [5, 5.41) is 18.2. The molecule has 0 aliphatic heterocycles. The minimum absolute atomic E-state index is 0.0918. The predicted molar refractivity (Wildman–Crippen MR) is 80.8 cm³/mol. The Bertz CT molecular complexity index is 666. The van der Waals surface area contributed by atoms with Gasteiger partial charge in [0.05, 0.1) is 12.2 Å². The van der Waals surface area contributed by atoms with Crippen molar-refractivity contribution in [3.63, 3.8) is 0 Å². The lowest BCUT2D eigenvalue weighted by atomic mass is 10.1. The van der Waals surface area contributed by atoms with Gasteiger partial charge in [-0.2, -0.15) is 5.26 Å². The average molecular weight is 332 g/mol. The summed E-state index contributed by atoms with van der Waals surface area (Å²) >= 11 is 3.51. The van der Waals surface area contributed by atoms with Gasteiger partial charge in [-0.3, -0.25) is 0 Å². The lowest BCUT2D eigenvalue weighted by Crippen LogP contribution is -1.93. The number of aliphatic hydroxyl groups excluding tert-OH is 1. The molecule has 0 unspecified atom stereocenters. The van der Waals surface area contributed by atoms with Gasteiger partial charge in [-0.1, -0.05) is 22.0 Å². The highest BCUT2D eigenvalue weighted by atomic mass is 79.9. The summed E-state index contributed by atoms with van der Waals surface area (Å²) in [5.74, 6) is 1.18. The molecule has 0 radical (unpaired) electrons. The van der Waals surface area contributed by atoms with Crippen LogP contribution in [-0.4, -0.2) is 5.11 Å². The van der Waals surface area contributed by atoms with Crippen molar-refractivity contribution in [1.82, 2.24) is 0 Å². The van der Waals surface area contributed by atoms with E-state index in [2.05, 4.69) is 22.0 Å². The topological polar surface area (TPSA) is 53.2 Å². The fraction of sp³-hybridized carbons (Fsp3) is 0.188. The van der Waals surface area contributed by atoms with E-state index in [4.69, 9.17) is 15.1 Å². The summed E-state index contributed by atoms with van der Waals surface area (Å²) in [5.41, 5.74) is 3.25. The van der Waals surface area contributed by atoms with E-state index in [1.54, 1.807) is 18.2 Å². The van der Waals surface area contributed by atoms with Gasteiger partial charge in [-0.15, -0.1) is 0 Å². The number of aryl methyl sites for hydroxylation is 2. The van der Waals surface area contributed by atoms with E-state index in [0.717, 1.165) is 15.6 Å². The maximum absolute atomic E-state index is 9.15. The van der Waals surface area contributed by atoms with Crippen LogP contribution in [0.4, 0.5) is 0 Å². The van der Waals surface area contributed by atoms with E-state index >= 15 is 0 Å². The Morgan fingerprint density at radius 2 is 1.85 bits per heavy atom. The number of benzene rings is 2. The Morgan fingerprint density at radius 1 is 1.20 bits per heavy atom. The second-order valence-corrected chi connectivity index (χ2v) is 5.37. The fourth-order valence-corrected chi connectivity index (χ4v) is 2.17. The molecular formula is C16H14BrNO2. The number of hydrogen-bond acceptors (Lipinski definition) is 3. The van der Waals surface area contributed by atoms with E-state index in [1.807, 2.05) is 26.0 Å². The molecule has 2 aromatic carbocycles. The van der Waals surface area contributed by atoms with E-state index in [9.17, 15) is 0 Å². The first kappa shape index (κ1) is 14.6. The number of hydrogen-bond donors (Lipinski definition) is 1. The third-order valence-electron chi connectivity index (χ3n) is 2.98. The minimum atomic E-state index is -0.0918. The first-order valence-corrected chi connectivity index (χ1v) is 6.93. The molecule has 0 spiro atoms. The van der Waals surface area contributed by atoms with Gasteiger partial charge in [0.25, 0.3) is 0 Å². The van der Waals surface area contributed by atoms with Crippen molar-refractivity contribution < 1.29 is 9.84 Å². The molecule has 0 atom stereocenters. The van der Waals surface area contributed by atoms with Gasteiger partial charge in [0, 0.05) is 4.47 Å². The zero-order valence-electron chi connectivity index (χ0n) is 11.3. The highest BCUT2D eigenvalue weighted by molar-refractivity contribution is 9.10. The molecule has 2 aromatic rings. The molecule has 2 rings (SSSR count). The molecule has 4 heteroatoms. The summed E-state index contributed by atoms with van der Waals surface area (Å²) in [6, 6.07) is 11.0. The monoisotopic (exact) mass is 331 g/mol. The Balaban J connectivity index is 2.38. The van der Waals surface area contributed by atoms with Crippen molar-refractivity contribution >= 4 is 15.9 Å². The molecule has 0 heterocycles. The second kappa shape index (κ2) is 6.08. The Hall–Kier alpha value is -1.83. The molecule has 3 nitrogen and oxygen atoms in total. The van der Waals surface area contributed by atoms with Crippen LogP contribution >= 0.6 is 15.9 Å². The van der Waals surface area contributed by atoms with E-state index < -0.39 is 0 Å². The van der Waals surface area contributed by atoms with Crippen molar-refractivity contribution in [1.29, 1.82) is 5.26 Å². The molecule has 102 valence electrons. The standard InChI is InChI=1S/C16H14BrNO2/c1-10-5-14(6-11(2)16(10)17)20-15-4-3-12(9-19)7-13(15)8-18/h3-7,19H,9H2,1-2H3. The normalized spacial score (nSPS) is 10.2. The molecule has 0 bridgehead atoms. The lowest BCUT2D eigenvalue weighted by molar-refractivity contribution is 0.281. The van der Waals surface area contributed by atoms with Crippen LogP contribution in [0.3, 0.4) is 0 Å². The Kier molecular flexibility index (Phi) is 4.43. The molecule has 1 N–H and O–H groups in total. The molecule has 0 aliphatic rings. The highest BCUT2D eigenvalue weighted by Gasteiger charge is 2.08. The number of rotatable bonds is 3. The van der Waals surface area contributed by atoms with Gasteiger partial charge in [0.15, 0.2) is 0 Å². The number of ether oxygens (including phenoxy) is 1. The van der Waals surface area contributed by atoms with Crippen molar-refractivity contribution in [2.75, 3.05) is 0 Å². The zero-order valence-corrected chi connectivity index (χ0v) is 12.9. The lowest BCUT2D eigenvalue weighted by Gasteiger charge is -2.11. The molecule has 0 fully saturated rings. The third-order valence-corrected chi connectivity index (χ3v) is 4.24. The first-order chi connectivity index (χ1) is 9.55. The van der Waals surface area contributed by atoms with Crippen LogP contribution in [0.1, 0.15) is 22.3 Å². The van der Waals surface area contributed by atoms with Crippen molar-refractivity contribution in [3.05, 3.63) is 57.1 Å². The van der Waals surface area contributed by atoms with Gasteiger partial charge in [0.1, 0.15) is 17.6 Å². The largest absolute Gasteiger partial charge is 0.456 e. The third kappa shape index (κ3) is 3.01. The van der Waals surface area contributed by atoms with Gasteiger partial charge >= 0.3 is 0 Å². The van der Waals surface area contributed by atoms with E-state index in [-0.39, 0.29) is 6.61 Å². The van der Waals surface area contributed by atoms with Crippen molar-refractivity contribution in [3.8, 4) is 17.6 Å². The summed E-state index contributed by atoms with van der Waals surface area (Å²) in [4.78, 5) is 0. The van der Waals surface area contributed by atoms with Crippen molar-refractivity contribution in [2.24, 2.45) is 0 Å². The second-order valence-electron chi connectivity index (χ2n) is 4.57. The van der Waals surface area contributed by atoms with Crippen LogP contribution in [0, 0.1) is 25.2 Å². The quantitative estimate of drug-likeness (QED) is 0.915. The highest BCUT2D eigenvalue weighted by Crippen LogP contribution is 2.31. The fourth-order valence-electron chi connectivity index (χ4n) is 1.94. The number of nitrogens with zero attached hydrogens (tertiary/aromatic N) is 1. The predicted octanol–water partition coefficient (Wildman–Crippen LogP) is 4.22. The number of aliphatic hydroxyl groups is 1. The van der Waals surface area contributed by atoms with Crippen molar-refractivity contribution in [2.45, 2.75) is 20.5 Å². The first-order valence-electron chi connectivity index (χ1n) is 6.13. The van der Waals surface area contributed by atoms with Gasteiger partial charge in [0.2, 0.25) is 0 Å². The van der Waals surface area contributed by atoms with Gasteiger partial charge in [-0.05, 0) is 54.8 Å². The number of halogens is 1. The molecule has 0 saturated heterocycles. The van der Waals surface area contributed by atoms with Crippen LogP contribution < -0.4 is 4.74 Å². The van der Waals surface area contributed by atoms with E-state index in [0.29, 0.717) is 22.6 Å². The molecule has 20 heavy (non-hydrogen) atoms. The van der Waals surface area contributed by atoms with Crippen LogP contribution in [-0.2, 0) is 6.61 Å². The molecule has 0 aromatic heterocycles. The van der Waals surface area contributed by atoms with Gasteiger partial charge in [-0.25, -0.2) is 0 Å². The smallest absolute Gasteiger partial charge is 0.145 e. The van der Waals surface area contributed by atoms with E-state index in [1.165, 1.54) is 0 Å². The summed E-state index contributed by atoms with van der Waals surface area (Å²) in [6.45, 7) is 3.89. The molecular weight excluding hydrogens is 318 g/mol. The van der Waals surface area contributed by atoms with Crippen LogP contribution in [0.2, 0.25) is 0 Å². The minimum Gasteiger partial charge on any atom is -0.456 e. The maximum Gasteiger partial charge on any atom is 0.145 e. The molecule has 0 aliphatic carbocycles. The van der Waals surface area contributed by atoms with Crippen LogP contribution in [0.15, 0.2) is 34.8 Å². The summed E-state index contributed by atoms with van der Waals surface area (Å²) < 4.78 is 6.85. The SMILES string of the molecule is Cc1cc(Oc2ccc(CO)cc2C#N)cc(C)c1Br. The summed E-state index contributed by atoms with van der Waals surface area (Å²) in [6.07, 6.45) is 0. The maximum atomic E-state index is 9.15. The summed E-state index contributed by atoms with van der Waals surface area (Å²) in [7, 11) is 0. The van der Waals surface area contributed by atoms with Crippen LogP contribution in [0.25, 0.3) is 0 Å². The van der Waals surface area contributed by atoms with Gasteiger partial charge < -0.3 is 9.84 Å². The average Bonchev–Trinajstić information content (AvgIpc) is 2.45. The molecule has 0 saturated carbocycles. The Morgan fingerprint density at radius 3 is 2.40 bits per heavy atom. The Labute approximate surface area is 126 Å². The van der Waals surface area contributed by atoms with Crippen LogP contribution in [0.5, 0.6) is 11.5 Å².